The van der Waals surface area contributed by atoms with Crippen LogP contribution in [0, 0.1) is 0 Å². The van der Waals surface area contributed by atoms with E-state index in [1.54, 1.807) is 0 Å². The zero-order valence-electron chi connectivity index (χ0n) is 38.7. The van der Waals surface area contributed by atoms with Gasteiger partial charge in [0.1, 0.15) is 0 Å². The first-order valence-corrected chi connectivity index (χ1v) is 25.1. The normalized spacial score (nSPS) is 11.7. The summed E-state index contributed by atoms with van der Waals surface area (Å²) in [4.78, 5) is 2.44. The van der Waals surface area contributed by atoms with Gasteiger partial charge in [0.2, 0.25) is 0 Å². The Balaban J connectivity index is 0.932. The molecule has 0 unspecified atom stereocenters. The zero-order chi connectivity index (χ0) is 46.8. The van der Waals surface area contributed by atoms with Gasteiger partial charge in [-0.1, -0.05) is 212 Å². The maximum atomic E-state index is 2.44. The van der Waals surface area contributed by atoms with Gasteiger partial charge in [0.15, 0.2) is 0 Å². The lowest BCUT2D eigenvalue weighted by molar-refractivity contribution is 1.18. The Hall–Kier alpha value is -9.02. The second-order valence-corrected chi connectivity index (χ2v) is 19.4. The molecule has 2 heterocycles. The molecule has 3 heteroatoms. The quantitative estimate of drug-likeness (QED) is 0.147. The molecular formula is C68H44N2S. The SMILES string of the molecule is c1ccc(-c2cc(-c3cccc4ccccc34)ccc2N(c2ccc(-c3ccccc3-n3c4ccccc4c4ccccc43)cc2)c2ccc(-c3cccc4c3sc3c5ccccc5ccc43)cc2)cc1. The number of rotatable bonds is 8. The van der Waals surface area contributed by atoms with Crippen LogP contribution in [0.2, 0.25) is 0 Å². The summed E-state index contributed by atoms with van der Waals surface area (Å²) in [6.07, 6.45) is 0. The summed E-state index contributed by atoms with van der Waals surface area (Å²) in [6, 6.07) is 97.9. The zero-order valence-corrected chi connectivity index (χ0v) is 39.5. The molecule has 0 saturated carbocycles. The molecule has 0 atom stereocenters. The second kappa shape index (κ2) is 16.9. The van der Waals surface area contributed by atoms with Gasteiger partial charge in [-0.05, 0) is 110 Å². The summed E-state index contributed by atoms with van der Waals surface area (Å²) < 4.78 is 5.08. The number of nitrogens with zero attached hydrogens (tertiary/aromatic N) is 2. The molecule has 0 spiro atoms. The highest BCUT2D eigenvalue weighted by Crippen LogP contribution is 2.47. The van der Waals surface area contributed by atoms with Gasteiger partial charge in [-0.2, -0.15) is 0 Å². The largest absolute Gasteiger partial charge is 0.310 e. The molecule has 0 aliphatic carbocycles. The lowest BCUT2D eigenvalue weighted by Gasteiger charge is -2.29. The Labute approximate surface area is 416 Å². The predicted molar refractivity (Wildman–Crippen MR) is 305 cm³/mol. The van der Waals surface area contributed by atoms with Crippen LogP contribution in [0.15, 0.2) is 267 Å². The van der Waals surface area contributed by atoms with E-state index >= 15 is 0 Å². The number of aromatic nitrogens is 1. The van der Waals surface area contributed by atoms with E-state index < -0.39 is 0 Å². The second-order valence-electron chi connectivity index (χ2n) is 18.4. The number of fused-ring (bicyclic) bond motifs is 9. The lowest BCUT2D eigenvalue weighted by Crippen LogP contribution is -2.11. The molecule has 0 fully saturated rings. The standard InChI is InChI=1S/C68H44N2S/c1-2-16-46(17-3-1)62-44-50(54-26-14-20-45-18-4-6-21-53(45)54)37-43-66(62)69(52-40-34-49(35-41-52)57-27-15-28-60-61-42-36-47-19-5-7-23-56(47)68(61)71-67(57)60)51-38-32-48(33-39-51)55-22-8-11-29-63(55)70-64-30-12-9-24-58(64)59-25-10-13-31-65(59)70/h1-44H. The van der Waals surface area contributed by atoms with Crippen molar-refractivity contribution in [2.24, 2.45) is 0 Å². The molecule has 332 valence electrons. The van der Waals surface area contributed by atoms with E-state index in [1.807, 2.05) is 11.3 Å². The Morgan fingerprint density at radius 1 is 0.282 bits per heavy atom. The third kappa shape index (κ3) is 6.85. The van der Waals surface area contributed by atoms with Crippen molar-refractivity contribution >= 4 is 91.9 Å². The summed E-state index contributed by atoms with van der Waals surface area (Å²) in [7, 11) is 0. The van der Waals surface area contributed by atoms with Gasteiger partial charge in [0.25, 0.3) is 0 Å². The lowest BCUT2D eigenvalue weighted by atomic mass is 9.93. The molecule has 0 aliphatic rings. The predicted octanol–water partition coefficient (Wildman–Crippen LogP) is 19.6. The van der Waals surface area contributed by atoms with E-state index in [0.717, 1.165) is 39.4 Å². The highest BCUT2D eigenvalue weighted by atomic mass is 32.1. The van der Waals surface area contributed by atoms with E-state index in [2.05, 4.69) is 276 Å². The van der Waals surface area contributed by atoms with Crippen LogP contribution in [0.3, 0.4) is 0 Å². The van der Waals surface area contributed by atoms with Gasteiger partial charge in [0.05, 0.1) is 22.4 Å². The third-order valence-corrected chi connectivity index (χ3v) is 15.7. The van der Waals surface area contributed by atoms with Crippen molar-refractivity contribution in [3.8, 4) is 50.2 Å². The Kier molecular flexibility index (Phi) is 9.75. The Morgan fingerprint density at radius 3 is 1.51 bits per heavy atom. The minimum Gasteiger partial charge on any atom is -0.310 e. The van der Waals surface area contributed by atoms with E-state index in [9.17, 15) is 0 Å². The highest BCUT2D eigenvalue weighted by molar-refractivity contribution is 7.27. The molecule has 0 amide bonds. The van der Waals surface area contributed by atoms with Crippen LogP contribution < -0.4 is 4.90 Å². The number of anilines is 3. The third-order valence-electron chi connectivity index (χ3n) is 14.4. The van der Waals surface area contributed by atoms with Crippen LogP contribution >= 0.6 is 11.3 Å². The first-order chi connectivity index (χ1) is 35.2. The number of benzene rings is 12. The van der Waals surface area contributed by atoms with Crippen molar-refractivity contribution in [1.82, 2.24) is 4.57 Å². The van der Waals surface area contributed by atoms with Crippen LogP contribution in [0.1, 0.15) is 0 Å². The minimum atomic E-state index is 1.07. The van der Waals surface area contributed by atoms with Crippen molar-refractivity contribution in [2.75, 3.05) is 4.90 Å². The molecule has 12 aromatic carbocycles. The average Bonchev–Trinajstić information content (AvgIpc) is 4.00. The first kappa shape index (κ1) is 41.0. The molecule has 0 saturated heterocycles. The Bertz CT molecular complexity index is 4270. The molecule has 14 rings (SSSR count). The van der Waals surface area contributed by atoms with Crippen LogP contribution in [0.5, 0.6) is 0 Å². The van der Waals surface area contributed by atoms with E-state index in [0.29, 0.717) is 0 Å². The van der Waals surface area contributed by atoms with Crippen molar-refractivity contribution in [2.45, 2.75) is 0 Å². The van der Waals surface area contributed by atoms with Crippen LogP contribution in [0.25, 0.3) is 114 Å². The van der Waals surface area contributed by atoms with E-state index in [1.165, 1.54) is 91.3 Å². The smallest absolute Gasteiger partial charge is 0.0541 e. The molecule has 14 aromatic rings. The highest BCUT2D eigenvalue weighted by Gasteiger charge is 2.21. The summed E-state index contributed by atoms with van der Waals surface area (Å²) in [5, 5.41) is 10.2. The van der Waals surface area contributed by atoms with Crippen molar-refractivity contribution in [1.29, 1.82) is 0 Å². The van der Waals surface area contributed by atoms with Crippen molar-refractivity contribution < 1.29 is 0 Å². The first-order valence-electron chi connectivity index (χ1n) is 24.3. The van der Waals surface area contributed by atoms with Crippen LogP contribution in [-0.4, -0.2) is 4.57 Å². The number of para-hydroxylation sites is 3. The fraction of sp³-hybridized carbons (Fsp3) is 0. The van der Waals surface area contributed by atoms with Gasteiger partial charge in [0, 0.05) is 53.4 Å². The molecule has 2 nitrogen and oxygen atoms in total. The molecule has 0 radical (unpaired) electrons. The number of hydrogen-bond acceptors (Lipinski definition) is 2. The van der Waals surface area contributed by atoms with E-state index in [-0.39, 0.29) is 0 Å². The summed E-state index contributed by atoms with van der Waals surface area (Å²) in [6.45, 7) is 0. The summed E-state index contributed by atoms with van der Waals surface area (Å²) in [5.74, 6) is 0. The molecule has 0 N–H and O–H groups in total. The van der Waals surface area contributed by atoms with Gasteiger partial charge in [-0.3, -0.25) is 0 Å². The van der Waals surface area contributed by atoms with Crippen molar-refractivity contribution in [3.63, 3.8) is 0 Å². The van der Waals surface area contributed by atoms with Crippen LogP contribution in [0.4, 0.5) is 17.1 Å². The summed E-state index contributed by atoms with van der Waals surface area (Å²) in [5.41, 5.74) is 16.3. The van der Waals surface area contributed by atoms with E-state index in [4.69, 9.17) is 0 Å². The van der Waals surface area contributed by atoms with Gasteiger partial charge in [-0.25, -0.2) is 0 Å². The number of thiophene rings is 1. The minimum absolute atomic E-state index is 1.07. The Morgan fingerprint density at radius 2 is 0.775 bits per heavy atom. The van der Waals surface area contributed by atoms with Gasteiger partial charge < -0.3 is 9.47 Å². The average molecular weight is 921 g/mol. The molecule has 0 bridgehead atoms. The molecular weight excluding hydrogens is 877 g/mol. The summed E-state index contributed by atoms with van der Waals surface area (Å²) >= 11 is 1.90. The number of hydrogen-bond donors (Lipinski definition) is 0. The van der Waals surface area contributed by atoms with Crippen molar-refractivity contribution in [3.05, 3.63) is 267 Å². The fourth-order valence-corrected chi connectivity index (χ4v) is 12.5. The maximum Gasteiger partial charge on any atom is 0.0541 e. The monoisotopic (exact) mass is 920 g/mol. The molecule has 71 heavy (non-hydrogen) atoms. The topological polar surface area (TPSA) is 8.17 Å². The molecule has 0 aliphatic heterocycles. The van der Waals surface area contributed by atoms with Crippen LogP contribution in [-0.2, 0) is 0 Å². The molecule has 2 aromatic heterocycles. The fourth-order valence-electron chi connectivity index (χ4n) is 11.1. The van der Waals surface area contributed by atoms with Gasteiger partial charge in [-0.15, -0.1) is 11.3 Å². The van der Waals surface area contributed by atoms with Gasteiger partial charge >= 0.3 is 0 Å². The maximum absolute atomic E-state index is 2.44.